The number of imide groups is 2. The Balaban J connectivity index is 2.23. The summed E-state index contributed by atoms with van der Waals surface area (Å²) < 4.78 is 0. The van der Waals surface area contributed by atoms with Gasteiger partial charge in [-0.3, -0.25) is 24.1 Å². The number of rotatable bonds is 4. The highest BCUT2D eigenvalue weighted by atomic mass is 16.7. The van der Waals surface area contributed by atoms with Crippen LogP contribution in [0.1, 0.15) is 34.1 Å². The zero-order chi connectivity index (χ0) is 17.5. The standard InChI is InChI=1S/C15H18N2O6/c1-8(2)14(22)23-17-12(20)7-9(13(17)21)15(3,4)16-10(18)5-6-11(16)19/h5-6,8-9H,7H2,1-4H3. The molecule has 0 aliphatic carbocycles. The van der Waals surface area contributed by atoms with E-state index in [4.69, 9.17) is 4.84 Å². The van der Waals surface area contributed by atoms with Crippen LogP contribution < -0.4 is 0 Å². The van der Waals surface area contributed by atoms with Crippen molar-refractivity contribution in [3.8, 4) is 0 Å². The summed E-state index contributed by atoms with van der Waals surface area (Å²) in [6.45, 7) is 6.20. The summed E-state index contributed by atoms with van der Waals surface area (Å²) in [6.07, 6.45) is 1.98. The molecule has 1 unspecified atom stereocenters. The third-order valence-corrected chi connectivity index (χ3v) is 3.99. The van der Waals surface area contributed by atoms with E-state index >= 15 is 0 Å². The molecule has 2 aliphatic heterocycles. The van der Waals surface area contributed by atoms with Crippen molar-refractivity contribution in [1.82, 2.24) is 9.96 Å². The summed E-state index contributed by atoms with van der Waals surface area (Å²) in [6, 6.07) is 0. The van der Waals surface area contributed by atoms with Crippen molar-refractivity contribution in [2.75, 3.05) is 0 Å². The van der Waals surface area contributed by atoms with Gasteiger partial charge in [-0.25, -0.2) is 4.79 Å². The Morgan fingerprint density at radius 3 is 2.17 bits per heavy atom. The third kappa shape index (κ3) is 2.76. The molecule has 0 N–H and O–H groups in total. The van der Waals surface area contributed by atoms with Crippen LogP contribution in [0, 0.1) is 11.8 Å². The van der Waals surface area contributed by atoms with Gasteiger partial charge in [-0.2, -0.15) is 0 Å². The quantitative estimate of drug-likeness (QED) is 0.684. The first-order chi connectivity index (χ1) is 10.6. The van der Waals surface area contributed by atoms with Crippen molar-refractivity contribution in [2.45, 2.75) is 39.7 Å². The second-order valence-corrected chi connectivity index (χ2v) is 6.35. The van der Waals surface area contributed by atoms with Gasteiger partial charge in [0.1, 0.15) is 0 Å². The molecule has 0 radical (unpaired) electrons. The Morgan fingerprint density at radius 1 is 1.17 bits per heavy atom. The molecule has 8 heteroatoms. The molecular formula is C15H18N2O6. The van der Waals surface area contributed by atoms with Gasteiger partial charge in [0.05, 0.1) is 17.4 Å². The van der Waals surface area contributed by atoms with Crippen LogP contribution in [0.2, 0.25) is 0 Å². The maximum absolute atomic E-state index is 12.4. The van der Waals surface area contributed by atoms with E-state index in [1.807, 2.05) is 0 Å². The van der Waals surface area contributed by atoms with E-state index in [1.165, 1.54) is 13.8 Å². The van der Waals surface area contributed by atoms with Gasteiger partial charge in [0.15, 0.2) is 0 Å². The lowest BCUT2D eigenvalue weighted by Gasteiger charge is -2.37. The zero-order valence-corrected chi connectivity index (χ0v) is 13.4. The van der Waals surface area contributed by atoms with Gasteiger partial charge in [-0.05, 0) is 13.8 Å². The summed E-state index contributed by atoms with van der Waals surface area (Å²) in [5, 5.41) is 0.438. The highest BCUT2D eigenvalue weighted by molar-refractivity contribution is 6.14. The topological polar surface area (TPSA) is 101 Å². The second-order valence-electron chi connectivity index (χ2n) is 6.35. The first kappa shape index (κ1) is 16.9. The number of hydrogen-bond donors (Lipinski definition) is 0. The van der Waals surface area contributed by atoms with E-state index in [2.05, 4.69) is 0 Å². The van der Waals surface area contributed by atoms with Crippen molar-refractivity contribution in [3.05, 3.63) is 12.2 Å². The number of amides is 4. The summed E-state index contributed by atoms with van der Waals surface area (Å²) in [5.74, 6) is -4.68. The predicted molar refractivity (Wildman–Crippen MR) is 76.0 cm³/mol. The van der Waals surface area contributed by atoms with Gasteiger partial charge in [0.25, 0.3) is 23.6 Å². The van der Waals surface area contributed by atoms with Crippen LogP contribution >= 0.6 is 0 Å². The molecule has 0 bridgehead atoms. The fourth-order valence-electron chi connectivity index (χ4n) is 2.58. The molecule has 0 aromatic rings. The van der Waals surface area contributed by atoms with Crippen molar-refractivity contribution < 1.29 is 28.8 Å². The largest absolute Gasteiger partial charge is 0.335 e. The number of carbonyl (C=O) groups is 5. The van der Waals surface area contributed by atoms with Gasteiger partial charge in [0.2, 0.25) is 0 Å². The molecule has 0 saturated carbocycles. The van der Waals surface area contributed by atoms with E-state index in [-0.39, 0.29) is 6.42 Å². The number of nitrogens with zero attached hydrogens (tertiary/aromatic N) is 2. The SMILES string of the molecule is CC(C)C(=O)ON1C(=O)CC(C(C)(C)N2C(=O)C=CC2=O)C1=O. The fraction of sp³-hybridized carbons (Fsp3) is 0.533. The van der Waals surface area contributed by atoms with Crippen molar-refractivity contribution in [1.29, 1.82) is 0 Å². The Bertz CT molecular complexity index is 616. The van der Waals surface area contributed by atoms with Gasteiger partial charge in [-0.1, -0.05) is 13.8 Å². The fourth-order valence-corrected chi connectivity index (χ4v) is 2.58. The number of carbonyl (C=O) groups excluding carboxylic acids is 5. The molecule has 23 heavy (non-hydrogen) atoms. The molecule has 8 nitrogen and oxygen atoms in total. The van der Waals surface area contributed by atoms with Crippen molar-refractivity contribution in [3.63, 3.8) is 0 Å². The zero-order valence-electron chi connectivity index (χ0n) is 13.4. The van der Waals surface area contributed by atoms with Crippen LogP contribution in [0.15, 0.2) is 12.2 Å². The van der Waals surface area contributed by atoms with Crippen LogP contribution in [0.5, 0.6) is 0 Å². The minimum atomic E-state index is -1.22. The Kier molecular flexibility index (Phi) is 4.10. The minimum absolute atomic E-state index is 0.242. The molecule has 124 valence electrons. The Labute approximate surface area is 133 Å². The lowest BCUT2D eigenvalue weighted by molar-refractivity contribution is -0.201. The summed E-state index contributed by atoms with van der Waals surface area (Å²) in [7, 11) is 0. The molecule has 1 fully saturated rings. The van der Waals surface area contributed by atoms with Crippen LogP contribution in [0.4, 0.5) is 0 Å². The average molecular weight is 322 g/mol. The first-order valence-electron chi connectivity index (χ1n) is 7.22. The monoisotopic (exact) mass is 322 g/mol. The van der Waals surface area contributed by atoms with Crippen molar-refractivity contribution >= 4 is 29.6 Å². The number of hydrogen-bond acceptors (Lipinski definition) is 6. The summed E-state index contributed by atoms with van der Waals surface area (Å²) in [4.78, 5) is 65.5. The predicted octanol–water partition coefficient (Wildman–Crippen LogP) is 0.179. The molecule has 4 amide bonds. The van der Waals surface area contributed by atoms with E-state index < -0.39 is 47.0 Å². The normalized spacial score (nSPS) is 21.9. The molecular weight excluding hydrogens is 304 g/mol. The smallest absolute Gasteiger partial charge is 0.330 e. The molecule has 0 spiro atoms. The Morgan fingerprint density at radius 2 is 1.70 bits per heavy atom. The maximum Gasteiger partial charge on any atom is 0.335 e. The van der Waals surface area contributed by atoms with E-state index in [0.29, 0.717) is 5.06 Å². The van der Waals surface area contributed by atoms with Gasteiger partial charge in [0, 0.05) is 18.6 Å². The molecule has 0 aromatic heterocycles. The minimum Gasteiger partial charge on any atom is -0.330 e. The van der Waals surface area contributed by atoms with E-state index in [9.17, 15) is 24.0 Å². The lowest BCUT2D eigenvalue weighted by Crippen LogP contribution is -2.54. The summed E-state index contributed by atoms with van der Waals surface area (Å²) >= 11 is 0. The van der Waals surface area contributed by atoms with E-state index in [1.54, 1.807) is 13.8 Å². The van der Waals surface area contributed by atoms with E-state index in [0.717, 1.165) is 17.1 Å². The highest BCUT2D eigenvalue weighted by Gasteiger charge is 2.53. The molecule has 1 atom stereocenters. The van der Waals surface area contributed by atoms with Gasteiger partial charge < -0.3 is 4.84 Å². The maximum atomic E-state index is 12.4. The van der Waals surface area contributed by atoms with Crippen LogP contribution in [0.25, 0.3) is 0 Å². The first-order valence-corrected chi connectivity index (χ1v) is 7.22. The molecule has 1 saturated heterocycles. The molecule has 2 rings (SSSR count). The van der Waals surface area contributed by atoms with Gasteiger partial charge >= 0.3 is 5.97 Å². The molecule has 0 aromatic carbocycles. The van der Waals surface area contributed by atoms with Gasteiger partial charge in [-0.15, -0.1) is 5.06 Å². The van der Waals surface area contributed by atoms with Crippen LogP contribution in [0.3, 0.4) is 0 Å². The third-order valence-electron chi connectivity index (χ3n) is 3.99. The van der Waals surface area contributed by atoms with Crippen LogP contribution in [-0.4, -0.2) is 45.1 Å². The second kappa shape index (κ2) is 5.60. The van der Waals surface area contributed by atoms with Crippen LogP contribution in [-0.2, 0) is 28.8 Å². The lowest BCUT2D eigenvalue weighted by atomic mass is 9.84. The van der Waals surface area contributed by atoms with Crippen molar-refractivity contribution in [2.24, 2.45) is 11.8 Å². The highest BCUT2D eigenvalue weighted by Crippen LogP contribution is 2.35. The summed E-state index contributed by atoms with van der Waals surface area (Å²) in [5.41, 5.74) is -1.22. The average Bonchev–Trinajstić information content (AvgIpc) is 2.93. The Hall–Kier alpha value is -2.51. The molecule has 2 heterocycles. The molecule has 2 aliphatic rings. The number of hydroxylamine groups is 2.